The molecule has 0 aromatic heterocycles. The van der Waals surface area contributed by atoms with Crippen LogP contribution in [0, 0.1) is 0 Å². The lowest BCUT2D eigenvalue weighted by Crippen LogP contribution is -2.29. The number of rotatable bonds is 3. The van der Waals surface area contributed by atoms with E-state index in [4.69, 9.17) is 11.6 Å². The molecule has 1 saturated heterocycles. The van der Waals surface area contributed by atoms with E-state index in [1.165, 1.54) is 22.5 Å². The third kappa shape index (κ3) is 3.36. The number of hydrogen-bond acceptors (Lipinski definition) is 5. The molecule has 2 aliphatic rings. The lowest BCUT2D eigenvalue weighted by molar-refractivity contribution is -0.123. The molecule has 2 fully saturated rings. The lowest BCUT2D eigenvalue weighted by Gasteiger charge is -2.20. The molecular formula is C17H18ClNO5S. The Morgan fingerprint density at radius 1 is 1.04 bits per heavy atom. The Hall–Kier alpha value is -1.70. The number of aliphatic hydroxyl groups is 1. The van der Waals surface area contributed by atoms with Crippen LogP contribution in [0.25, 0.3) is 5.76 Å². The van der Waals surface area contributed by atoms with Crippen LogP contribution in [0.2, 0.25) is 5.02 Å². The highest BCUT2D eigenvalue weighted by Gasteiger charge is 2.33. The number of allylic oxidation sites excluding steroid dienone is 1. The maximum atomic E-state index is 12.9. The number of sulfonamides is 1. The van der Waals surface area contributed by atoms with E-state index >= 15 is 0 Å². The number of hydrogen-bond donors (Lipinski definition) is 1. The summed E-state index contributed by atoms with van der Waals surface area (Å²) in [5.74, 6) is -1.51. The van der Waals surface area contributed by atoms with E-state index in [-0.39, 0.29) is 33.9 Å². The van der Waals surface area contributed by atoms with Crippen molar-refractivity contribution in [2.24, 2.45) is 0 Å². The Labute approximate surface area is 151 Å². The molecule has 1 N–H and O–H groups in total. The number of halogens is 1. The Bertz CT molecular complexity index is 851. The fraction of sp³-hybridized carbons (Fsp3) is 0.412. The second kappa shape index (κ2) is 6.90. The highest BCUT2D eigenvalue weighted by molar-refractivity contribution is 7.89. The molecule has 1 saturated carbocycles. The highest BCUT2D eigenvalue weighted by atomic mass is 35.5. The molecule has 0 radical (unpaired) electrons. The molecule has 1 aromatic carbocycles. The summed E-state index contributed by atoms with van der Waals surface area (Å²) in [6.07, 6.45) is 2.28. The maximum absolute atomic E-state index is 12.9. The van der Waals surface area contributed by atoms with Crippen LogP contribution in [0.15, 0.2) is 28.7 Å². The first-order chi connectivity index (χ1) is 11.8. The topological polar surface area (TPSA) is 91.7 Å². The zero-order chi connectivity index (χ0) is 18.2. The summed E-state index contributed by atoms with van der Waals surface area (Å²) in [4.78, 5) is 24.0. The molecule has 1 aliphatic heterocycles. The monoisotopic (exact) mass is 383 g/mol. The normalized spacial score (nSPS) is 19.5. The van der Waals surface area contributed by atoms with Gasteiger partial charge in [-0.25, -0.2) is 8.42 Å². The van der Waals surface area contributed by atoms with Crippen molar-refractivity contribution in [3.63, 3.8) is 0 Å². The van der Waals surface area contributed by atoms with E-state index in [1.54, 1.807) is 0 Å². The molecule has 8 heteroatoms. The van der Waals surface area contributed by atoms with Gasteiger partial charge in [-0.1, -0.05) is 11.6 Å². The number of carbonyl (C=O) groups is 2. The van der Waals surface area contributed by atoms with Gasteiger partial charge in [0.15, 0.2) is 11.6 Å². The van der Waals surface area contributed by atoms with Crippen LogP contribution in [0.1, 0.15) is 37.7 Å². The van der Waals surface area contributed by atoms with Crippen molar-refractivity contribution in [1.29, 1.82) is 0 Å². The SMILES string of the molecule is O=C1CCCC(=O)C1=C(O)c1ccc(Cl)cc1S(=O)(=O)N1CCCC1. The van der Waals surface area contributed by atoms with Crippen molar-refractivity contribution in [3.8, 4) is 0 Å². The molecule has 134 valence electrons. The summed E-state index contributed by atoms with van der Waals surface area (Å²) < 4.78 is 27.2. The van der Waals surface area contributed by atoms with E-state index in [1.807, 2.05) is 0 Å². The predicted molar refractivity (Wildman–Crippen MR) is 92.9 cm³/mol. The standard InChI is InChI=1S/C17H18ClNO5S/c18-11-6-7-12(17(22)16-13(20)4-3-5-14(16)21)15(10-11)25(23,24)19-8-1-2-9-19/h6-7,10,22H,1-5,8-9H2. The largest absolute Gasteiger partial charge is 0.506 e. The van der Waals surface area contributed by atoms with E-state index in [0.717, 1.165) is 12.8 Å². The van der Waals surface area contributed by atoms with Crippen LogP contribution in [0.3, 0.4) is 0 Å². The number of carbonyl (C=O) groups excluding carboxylic acids is 2. The smallest absolute Gasteiger partial charge is 0.243 e. The van der Waals surface area contributed by atoms with Gasteiger partial charge in [-0.05, 0) is 37.5 Å². The number of Topliss-reactive ketones (excluding diaryl/α,β-unsaturated/α-hetero) is 2. The van der Waals surface area contributed by atoms with Gasteiger partial charge in [-0.2, -0.15) is 4.31 Å². The summed E-state index contributed by atoms with van der Waals surface area (Å²) in [5, 5.41) is 10.8. The minimum atomic E-state index is -3.88. The number of ketones is 2. The van der Waals surface area contributed by atoms with Gasteiger partial charge in [0.1, 0.15) is 11.3 Å². The average Bonchev–Trinajstić information content (AvgIpc) is 3.09. The van der Waals surface area contributed by atoms with E-state index in [2.05, 4.69) is 0 Å². The molecule has 0 unspecified atom stereocenters. The van der Waals surface area contributed by atoms with Gasteiger partial charge in [0.2, 0.25) is 10.0 Å². The molecule has 0 atom stereocenters. The van der Waals surface area contributed by atoms with Crippen LogP contribution in [0.4, 0.5) is 0 Å². The second-order valence-electron chi connectivity index (χ2n) is 6.18. The zero-order valence-electron chi connectivity index (χ0n) is 13.5. The van der Waals surface area contributed by atoms with E-state index in [0.29, 0.717) is 19.5 Å². The first-order valence-electron chi connectivity index (χ1n) is 8.12. The Balaban J connectivity index is 2.17. The molecule has 1 aromatic rings. The molecule has 1 heterocycles. The number of nitrogens with zero attached hydrogens (tertiary/aromatic N) is 1. The molecular weight excluding hydrogens is 366 g/mol. The minimum absolute atomic E-state index is 0.0603. The summed E-state index contributed by atoms with van der Waals surface area (Å²) in [6.45, 7) is 0.785. The third-order valence-corrected chi connectivity index (χ3v) is 6.66. The Kier molecular flexibility index (Phi) is 4.99. The van der Waals surface area contributed by atoms with Gasteiger partial charge >= 0.3 is 0 Å². The first-order valence-corrected chi connectivity index (χ1v) is 9.94. The predicted octanol–water partition coefficient (Wildman–Crippen LogP) is 2.72. The minimum Gasteiger partial charge on any atom is -0.506 e. The van der Waals surface area contributed by atoms with Crippen LogP contribution >= 0.6 is 11.6 Å². The summed E-state index contributed by atoms with van der Waals surface area (Å²) in [5.41, 5.74) is -0.374. The molecule has 0 bridgehead atoms. The van der Waals surface area contributed by atoms with Gasteiger partial charge < -0.3 is 5.11 Å². The summed E-state index contributed by atoms with van der Waals surface area (Å²) >= 11 is 5.96. The average molecular weight is 384 g/mol. The van der Waals surface area contributed by atoms with Gasteiger partial charge in [0.05, 0.1) is 4.90 Å². The Morgan fingerprint density at radius 2 is 1.64 bits per heavy atom. The highest BCUT2D eigenvalue weighted by Crippen LogP contribution is 2.33. The molecule has 1 aliphatic carbocycles. The summed E-state index contributed by atoms with van der Waals surface area (Å²) in [7, 11) is -3.88. The van der Waals surface area contributed by atoms with Crippen molar-refractivity contribution in [3.05, 3.63) is 34.4 Å². The van der Waals surface area contributed by atoms with Gasteiger partial charge in [0, 0.05) is 36.5 Å². The quantitative estimate of drug-likeness (QED) is 0.492. The number of aliphatic hydroxyl groups excluding tert-OH is 1. The molecule has 25 heavy (non-hydrogen) atoms. The van der Waals surface area contributed by atoms with Crippen LogP contribution in [-0.4, -0.2) is 42.5 Å². The second-order valence-corrected chi connectivity index (χ2v) is 8.52. The van der Waals surface area contributed by atoms with E-state index < -0.39 is 27.3 Å². The van der Waals surface area contributed by atoms with Crippen molar-refractivity contribution >= 4 is 38.9 Å². The fourth-order valence-corrected chi connectivity index (χ4v) is 5.16. The van der Waals surface area contributed by atoms with Crippen LogP contribution < -0.4 is 0 Å². The molecule has 6 nitrogen and oxygen atoms in total. The molecule has 3 rings (SSSR count). The summed E-state index contributed by atoms with van der Waals surface area (Å²) in [6, 6.07) is 4.01. The molecule has 0 amide bonds. The third-order valence-electron chi connectivity index (χ3n) is 4.48. The number of benzene rings is 1. The Morgan fingerprint density at radius 3 is 2.24 bits per heavy atom. The fourth-order valence-electron chi connectivity index (χ4n) is 3.19. The van der Waals surface area contributed by atoms with E-state index in [9.17, 15) is 23.1 Å². The van der Waals surface area contributed by atoms with Gasteiger partial charge in [-0.15, -0.1) is 0 Å². The van der Waals surface area contributed by atoms with Gasteiger partial charge in [-0.3, -0.25) is 9.59 Å². The lowest BCUT2D eigenvalue weighted by atomic mass is 9.90. The van der Waals surface area contributed by atoms with Gasteiger partial charge in [0.25, 0.3) is 0 Å². The van der Waals surface area contributed by atoms with Crippen LogP contribution in [0.5, 0.6) is 0 Å². The van der Waals surface area contributed by atoms with Crippen molar-refractivity contribution < 1.29 is 23.1 Å². The van der Waals surface area contributed by atoms with Crippen molar-refractivity contribution in [1.82, 2.24) is 4.31 Å². The maximum Gasteiger partial charge on any atom is 0.243 e. The van der Waals surface area contributed by atoms with Crippen molar-refractivity contribution in [2.75, 3.05) is 13.1 Å². The zero-order valence-corrected chi connectivity index (χ0v) is 15.1. The molecule has 0 spiro atoms. The first kappa shape index (κ1) is 18.1. The van der Waals surface area contributed by atoms with Crippen molar-refractivity contribution in [2.45, 2.75) is 37.0 Å². The van der Waals surface area contributed by atoms with Crippen LogP contribution in [-0.2, 0) is 19.6 Å².